The maximum absolute atomic E-state index is 13.0. The lowest BCUT2D eigenvalue weighted by atomic mass is 9.49. The monoisotopic (exact) mass is 337 g/mol. The zero-order valence-electron chi connectivity index (χ0n) is 12.8. The summed E-state index contributed by atoms with van der Waals surface area (Å²) in [7, 11) is 0. The number of nitrogens with one attached hydrogen (secondary N) is 1. The van der Waals surface area contributed by atoms with E-state index in [0.29, 0.717) is 16.9 Å². The maximum atomic E-state index is 13.0. The standard InChI is InChI=1S/C18H21Cl2NO/c1-11-2-3-15(14(19)4-11)21-16(22)17-6-12-5-13(7-17)9-18(20,8-12)10-17/h2-4,12-13H,5-10H2,1H3,(H,21,22)/t12-,13+,17?,18?. The molecule has 22 heavy (non-hydrogen) atoms. The fraction of sp³-hybridized carbons (Fsp3) is 0.611. The quantitative estimate of drug-likeness (QED) is 0.741. The first-order chi connectivity index (χ1) is 10.4. The van der Waals surface area contributed by atoms with Crippen LogP contribution >= 0.6 is 23.2 Å². The molecule has 4 bridgehead atoms. The summed E-state index contributed by atoms with van der Waals surface area (Å²) >= 11 is 13.1. The Labute approximate surface area is 141 Å². The average Bonchev–Trinajstić information content (AvgIpc) is 2.39. The lowest BCUT2D eigenvalue weighted by molar-refractivity contribution is -0.138. The molecule has 4 heteroatoms. The number of aryl methyl sites for hydroxylation is 1. The first-order valence-electron chi connectivity index (χ1n) is 8.14. The number of alkyl halides is 1. The number of hydrogen-bond acceptors (Lipinski definition) is 1. The van der Waals surface area contributed by atoms with Crippen molar-refractivity contribution < 1.29 is 4.79 Å². The van der Waals surface area contributed by atoms with Crippen LogP contribution in [-0.4, -0.2) is 10.8 Å². The summed E-state index contributed by atoms with van der Waals surface area (Å²) in [4.78, 5) is 12.9. The fourth-order valence-corrected chi connectivity index (χ4v) is 6.37. The van der Waals surface area contributed by atoms with Gasteiger partial charge in [-0.1, -0.05) is 17.7 Å². The molecule has 1 N–H and O–H groups in total. The second-order valence-corrected chi connectivity index (χ2v) is 9.04. The zero-order valence-corrected chi connectivity index (χ0v) is 14.3. The van der Waals surface area contributed by atoms with Gasteiger partial charge in [0.15, 0.2) is 0 Å². The number of anilines is 1. The van der Waals surface area contributed by atoms with E-state index < -0.39 is 0 Å². The molecule has 4 atom stereocenters. The van der Waals surface area contributed by atoms with Crippen LogP contribution in [-0.2, 0) is 4.79 Å². The number of carbonyl (C=O) groups is 1. The molecule has 1 aromatic rings. The van der Waals surface area contributed by atoms with E-state index in [4.69, 9.17) is 23.2 Å². The number of halogens is 2. The van der Waals surface area contributed by atoms with Gasteiger partial charge in [0, 0.05) is 4.87 Å². The van der Waals surface area contributed by atoms with Crippen LogP contribution in [0.15, 0.2) is 18.2 Å². The van der Waals surface area contributed by atoms with Crippen LogP contribution < -0.4 is 5.32 Å². The van der Waals surface area contributed by atoms with E-state index in [1.807, 2.05) is 25.1 Å². The Kier molecular flexibility index (Phi) is 3.29. The summed E-state index contributed by atoms with van der Waals surface area (Å²) in [6.45, 7) is 1.99. The third-order valence-corrected chi connectivity index (χ3v) is 6.60. The molecule has 4 aliphatic rings. The molecule has 0 heterocycles. The van der Waals surface area contributed by atoms with Crippen molar-refractivity contribution in [2.45, 2.75) is 50.3 Å². The van der Waals surface area contributed by atoms with Crippen LogP contribution in [0.3, 0.4) is 0 Å². The number of hydrogen-bond donors (Lipinski definition) is 1. The summed E-state index contributed by atoms with van der Waals surface area (Å²) in [5.41, 5.74) is 1.54. The Hall–Kier alpha value is -0.730. The molecule has 2 nitrogen and oxygen atoms in total. The topological polar surface area (TPSA) is 29.1 Å². The van der Waals surface area contributed by atoms with Crippen molar-refractivity contribution in [3.05, 3.63) is 28.8 Å². The van der Waals surface area contributed by atoms with Gasteiger partial charge in [-0.15, -0.1) is 11.6 Å². The Balaban J connectivity index is 1.60. The summed E-state index contributed by atoms with van der Waals surface area (Å²) in [5, 5.41) is 3.69. The summed E-state index contributed by atoms with van der Waals surface area (Å²) < 4.78 is 0. The Morgan fingerprint density at radius 3 is 2.50 bits per heavy atom. The van der Waals surface area contributed by atoms with Crippen molar-refractivity contribution in [1.82, 2.24) is 0 Å². The van der Waals surface area contributed by atoms with E-state index in [-0.39, 0.29) is 16.2 Å². The fourth-order valence-electron chi connectivity index (χ4n) is 5.39. The average molecular weight is 338 g/mol. The first-order valence-corrected chi connectivity index (χ1v) is 8.90. The summed E-state index contributed by atoms with van der Waals surface area (Å²) in [5.74, 6) is 1.37. The molecule has 4 saturated carbocycles. The molecule has 118 valence electrons. The number of benzene rings is 1. The van der Waals surface area contributed by atoms with Crippen LogP contribution in [0.2, 0.25) is 5.02 Å². The Morgan fingerprint density at radius 2 is 1.91 bits per heavy atom. The molecule has 4 aliphatic carbocycles. The smallest absolute Gasteiger partial charge is 0.230 e. The third kappa shape index (κ3) is 2.35. The van der Waals surface area contributed by atoms with Crippen molar-refractivity contribution in [1.29, 1.82) is 0 Å². The highest BCUT2D eigenvalue weighted by Gasteiger charge is 2.60. The summed E-state index contributed by atoms with van der Waals surface area (Å²) in [6.07, 6.45) is 6.25. The van der Waals surface area contributed by atoms with E-state index >= 15 is 0 Å². The predicted octanol–water partition coefficient (Wildman–Crippen LogP) is 5.16. The van der Waals surface area contributed by atoms with Crippen molar-refractivity contribution >= 4 is 34.8 Å². The minimum Gasteiger partial charge on any atom is -0.324 e. The highest BCUT2D eigenvalue weighted by molar-refractivity contribution is 6.33. The lowest BCUT2D eigenvalue weighted by Crippen LogP contribution is -2.57. The molecule has 0 spiro atoms. The first kappa shape index (κ1) is 14.8. The lowest BCUT2D eigenvalue weighted by Gasteiger charge is -2.59. The zero-order chi connectivity index (χ0) is 15.5. The molecule has 0 aromatic heterocycles. The highest BCUT2D eigenvalue weighted by Crippen LogP contribution is 2.64. The van der Waals surface area contributed by atoms with Crippen molar-refractivity contribution in [2.24, 2.45) is 17.3 Å². The Bertz CT molecular complexity index is 628. The summed E-state index contributed by atoms with van der Waals surface area (Å²) in [6, 6.07) is 5.76. The van der Waals surface area contributed by atoms with E-state index in [2.05, 4.69) is 5.32 Å². The van der Waals surface area contributed by atoms with Crippen molar-refractivity contribution in [3.8, 4) is 0 Å². The van der Waals surface area contributed by atoms with Gasteiger partial charge in [0.25, 0.3) is 0 Å². The van der Waals surface area contributed by atoms with Gasteiger partial charge >= 0.3 is 0 Å². The molecule has 0 aliphatic heterocycles. The maximum Gasteiger partial charge on any atom is 0.230 e. The Morgan fingerprint density at radius 1 is 1.23 bits per heavy atom. The number of rotatable bonds is 2. The minimum atomic E-state index is -0.278. The normalized spacial score (nSPS) is 39.0. The van der Waals surface area contributed by atoms with Crippen LogP contribution in [0.5, 0.6) is 0 Å². The van der Waals surface area contributed by atoms with Crippen molar-refractivity contribution in [3.63, 3.8) is 0 Å². The van der Waals surface area contributed by atoms with Gasteiger partial charge in [-0.05, 0) is 75.0 Å². The number of carbonyl (C=O) groups excluding carboxylic acids is 1. The third-order valence-electron chi connectivity index (χ3n) is 5.84. The number of amides is 1. The van der Waals surface area contributed by atoms with Crippen LogP contribution in [0, 0.1) is 24.2 Å². The van der Waals surface area contributed by atoms with E-state index in [9.17, 15) is 4.79 Å². The van der Waals surface area contributed by atoms with E-state index in [0.717, 1.165) is 43.4 Å². The van der Waals surface area contributed by atoms with Gasteiger partial charge in [-0.2, -0.15) is 0 Å². The molecular formula is C18H21Cl2NO. The molecule has 4 fully saturated rings. The molecule has 0 saturated heterocycles. The second kappa shape index (κ2) is 4.88. The van der Waals surface area contributed by atoms with Gasteiger partial charge in [0.05, 0.1) is 16.1 Å². The molecule has 5 rings (SSSR count). The van der Waals surface area contributed by atoms with Gasteiger partial charge < -0.3 is 5.32 Å². The molecule has 0 radical (unpaired) electrons. The molecular weight excluding hydrogens is 317 g/mol. The van der Waals surface area contributed by atoms with Crippen LogP contribution in [0.1, 0.15) is 44.1 Å². The van der Waals surface area contributed by atoms with Gasteiger partial charge in [0.1, 0.15) is 0 Å². The predicted molar refractivity (Wildman–Crippen MR) is 90.5 cm³/mol. The van der Waals surface area contributed by atoms with E-state index in [1.165, 1.54) is 6.42 Å². The SMILES string of the molecule is Cc1ccc(NC(=O)C23C[C@@H]4C[C@@H](CC(Cl)(C4)C2)C3)c(Cl)c1. The molecule has 1 amide bonds. The van der Waals surface area contributed by atoms with Crippen LogP contribution in [0.4, 0.5) is 5.69 Å². The van der Waals surface area contributed by atoms with Crippen molar-refractivity contribution in [2.75, 3.05) is 5.32 Å². The van der Waals surface area contributed by atoms with E-state index in [1.54, 1.807) is 0 Å². The van der Waals surface area contributed by atoms with Gasteiger partial charge in [-0.3, -0.25) is 4.79 Å². The highest BCUT2D eigenvalue weighted by atomic mass is 35.5. The second-order valence-electron chi connectivity index (χ2n) is 7.83. The largest absolute Gasteiger partial charge is 0.324 e. The van der Waals surface area contributed by atoms with Gasteiger partial charge in [0.2, 0.25) is 5.91 Å². The van der Waals surface area contributed by atoms with Crippen LogP contribution in [0.25, 0.3) is 0 Å². The molecule has 1 aromatic carbocycles. The van der Waals surface area contributed by atoms with Gasteiger partial charge in [-0.25, -0.2) is 0 Å². The molecule has 2 unspecified atom stereocenters. The minimum absolute atomic E-state index is 0.123.